The normalized spacial score (nSPS) is 13.8. The van der Waals surface area contributed by atoms with Gasteiger partial charge in [-0.1, -0.05) is 0 Å². The van der Waals surface area contributed by atoms with Gasteiger partial charge in [-0.15, -0.1) is 0 Å². The van der Waals surface area contributed by atoms with E-state index in [-0.39, 0.29) is 17.0 Å². The predicted molar refractivity (Wildman–Crippen MR) is 68.9 cm³/mol. The summed E-state index contributed by atoms with van der Waals surface area (Å²) in [5.74, 6) is 0.218. The molecule has 2 rings (SSSR count). The molecule has 0 bridgehead atoms. The minimum atomic E-state index is -0.529. The Balaban J connectivity index is 1.87. The number of ether oxygens (including phenoxy) is 1. The van der Waals surface area contributed by atoms with Gasteiger partial charge in [0.2, 0.25) is 0 Å². The highest BCUT2D eigenvalue weighted by Gasteiger charge is 2.19. The van der Waals surface area contributed by atoms with Crippen molar-refractivity contribution in [3.63, 3.8) is 0 Å². The van der Waals surface area contributed by atoms with Crippen LogP contribution in [0.1, 0.15) is 24.8 Å². The average Bonchev–Trinajstić information content (AvgIpc) is 3.22. The third kappa shape index (κ3) is 3.93. The van der Waals surface area contributed by atoms with Crippen molar-refractivity contribution < 1.29 is 9.66 Å². The van der Waals surface area contributed by atoms with E-state index in [0.717, 1.165) is 13.0 Å². The van der Waals surface area contributed by atoms with Crippen LogP contribution in [-0.2, 0) is 0 Å². The lowest BCUT2D eigenvalue weighted by Gasteiger charge is -2.07. The molecule has 1 fully saturated rings. The first kappa shape index (κ1) is 13.3. The largest absolute Gasteiger partial charge is 0.487 e. The zero-order valence-electron chi connectivity index (χ0n) is 10.5. The molecule has 1 aromatic rings. The Labute approximate surface area is 111 Å². The second-order valence-electron chi connectivity index (χ2n) is 4.48. The summed E-state index contributed by atoms with van der Waals surface area (Å²) in [4.78, 5) is 10.4. The molecule has 0 amide bonds. The summed E-state index contributed by atoms with van der Waals surface area (Å²) >= 11 is 0. The molecular weight excluding hydrogens is 246 g/mol. The van der Waals surface area contributed by atoms with Gasteiger partial charge in [0.25, 0.3) is 0 Å². The number of benzene rings is 1. The second-order valence-corrected chi connectivity index (χ2v) is 4.48. The van der Waals surface area contributed by atoms with E-state index in [4.69, 9.17) is 10.00 Å². The number of nitriles is 1. The van der Waals surface area contributed by atoms with Crippen LogP contribution in [0.15, 0.2) is 18.2 Å². The van der Waals surface area contributed by atoms with Crippen LogP contribution in [0.2, 0.25) is 0 Å². The molecule has 6 nitrogen and oxygen atoms in total. The van der Waals surface area contributed by atoms with Crippen molar-refractivity contribution in [2.24, 2.45) is 0 Å². The lowest BCUT2D eigenvalue weighted by atomic mass is 10.2. The van der Waals surface area contributed by atoms with Crippen molar-refractivity contribution in [3.8, 4) is 11.8 Å². The van der Waals surface area contributed by atoms with E-state index in [0.29, 0.717) is 12.6 Å². The summed E-state index contributed by atoms with van der Waals surface area (Å²) in [6.07, 6.45) is 3.28. The summed E-state index contributed by atoms with van der Waals surface area (Å²) in [6, 6.07) is 6.76. The first-order valence-electron chi connectivity index (χ1n) is 6.25. The first-order chi connectivity index (χ1) is 9.20. The Kier molecular flexibility index (Phi) is 4.31. The first-order valence-corrected chi connectivity index (χ1v) is 6.25. The molecule has 0 aliphatic heterocycles. The highest BCUT2D eigenvalue weighted by atomic mass is 16.6. The fourth-order valence-corrected chi connectivity index (χ4v) is 1.70. The molecule has 19 heavy (non-hydrogen) atoms. The second kappa shape index (κ2) is 6.16. The Morgan fingerprint density at radius 3 is 2.95 bits per heavy atom. The predicted octanol–water partition coefficient (Wildman–Crippen LogP) is 1.99. The number of nitrogens with one attached hydrogen (secondary N) is 1. The lowest BCUT2D eigenvalue weighted by molar-refractivity contribution is -0.385. The molecule has 0 unspecified atom stereocenters. The number of hydrogen-bond donors (Lipinski definition) is 1. The molecule has 1 aliphatic carbocycles. The smallest absolute Gasteiger partial charge is 0.312 e. The van der Waals surface area contributed by atoms with Crippen molar-refractivity contribution in [2.75, 3.05) is 13.2 Å². The van der Waals surface area contributed by atoms with E-state index in [1.165, 1.54) is 31.0 Å². The molecule has 0 heterocycles. The summed E-state index contributed by atoms with van der Waals surface area (Å²) in [5.41, 5.74) is 0.101. The Morgan fingerprint density at radius 2 is 2.32 bits per heavy atom. The maximum Gasteiger partial charge on any atom is 0.312 e. The van der Waals surface area contributed by atoms with E-state index in [2.05, 4.69) is 5.32 Å². The van der Waals surface area contributed by atoms with Gasteiger partial charge in [-0.05, 0) is 37.9 Å². The third-order valence-electron chi connectivity index (χ3n) is 2.87. The minimum absolute atomic E-state index is 0.158. The summed E-state index contributed by atoms with van der Waals surface area (Å²) in [5, 5.41) is 22.9. The van der Waals surface area contributed by atoms with Crippen LogP contribution >= 0.6 is 0 Å². The van der Waals surface area contributed by atoms with Crippen molar-refractivity contribution in [1.82, 2.24) is 5.32 Å². The molecule has 1 aromatic carbocycles. The molecule has 0 aromatic heterocycles. The fraction of sp³-hybridized carbons (Fsp3) is 0.462. The molecular formula is C13H15N3O3. The highest BCUT2D eigenvalue weighted by molar-refractivity contribution is 5.51. The van der Waals surface area contributed by atoms with Crippen LogP contribution in [0.25, 0.3) is 0 Å². The topological polar surface area (TPSA) is 88.2 Å². The number of rotatable bonds is 7. The molecule has 100 valence electrons. The van der Waals surface area contributed by atoms with Crippen molar-refractivity contribution in [1.29, 1.82) is 5.26 Å². The summed E-state index contributed by atoms with van der Waals surface area (Å²) < 4.78 is 5.41. The number of nitro benzene ring substituents is 1. The molecule has 6 heteroatoms. The van der Waals surface area contributed by atoms with E-state index in [1.54, 1.807) is 0 Å². The number of nitro groups is 1. The summed E-state index contributed by atoms with van der Waals surface area (Å²) in [7, 11) is 0. The van der Waals surface area contributed by atoms with Gasteiger partial charge in [-0.2, -0.15) is 5.26 Å². The van der Waals surface area contributed by atoms with E-state index < -0.39 is 4.92 Å². The van der Waals surface area contributed by atoms with Gasteiger partial charge in [-0.3, -0.25) is 10.1 Å². The molecule has 1 aliphatic rings. The average molecular weight is 261 g/mol. The molecule has 1 saturated carbocycles. The maximum absolute atomic E-state index is 10.9. The van der Waals surface area contributed by atoms with E-state index in [1.807, 2.05) is 6.07 Å². The maximum atomic E-state index is 10.9. The van der Waals surface area contributed by atoms with Gasteiger partial charge in [0, 0.05) is 12.1 Å². The van der Waals surface area contributed by atoms with Crippen LogP contribution in [0, 0.1) is 21.4 Å². The molecule has 0 atom stereocenters. The van der Waals surface area contributed by atoms with Gasteiger partial charge in [-0.25, -0.2) is 0 Å². The zero-order valence-corrected chi connectivity index (χ0v) is 10.5. The minimum Gasteiger partial charge on any atom is -0.487 e. The zero-order chi connectivity index (χ0) is 13.7. The standard InChI is InChI=1S/C13H15N3O3/c14-9-10-2-5-13(12(8-10)16(17)18)19-7-1-6-15-11-3-4-11/h2,5,8,11,15H,1,3-4,6-7H2. The quantitative estimate of drug-likeness (QED) is 0.460. The molecule has 1 N–H and O–H groups in total. The third-order valence-corrected chi connectivity index (χ3v) is 2.87. The molecule has 0 spiro atoms. The SMILES string of the molecule is N#Cc1ccc(OCCCNC2CC2)c([N+](=O)[O-])c1. The van der Waals surface area contributed by atoms with Gasteiger partial charge in [0.15, 0.2) is 5.75 Å². The van der Waals surface area contributed by atoms with Gasteiger partial charge < -0.3 is 10.1 Å². The van der Waals surface area contributed by atoms with Crippen LogP contribution in [0.4, 0.5) is 5.69 Å². The number of nitrogens with zero attached hydrogens (tertiary/aromatic N) is 2. The Morgan fingerprint density at radius 1 is 1.53 bits per heavy atom. The molecule has 0 saturated heterocycles. The van der Waals surface area contributed by atoms with Crippen LogP contribution < -0.4 is 10.1 Å². The monoisotopic (exact) mass is 261 g/mol. The highest BCUT2D eigenvalue weighted by Crippen LogP contribution is 2.27. The van der Waals surface area contributed by atoms with Crippen LogP contribution in [0.3, 0.4) is 0 Å². The Hall–Kier alpha value is -2.13. The van der Waals surface area contributed by atoms with Crippen molar-refractivity contribution in [3.05, 3.63) is 33.9 Å². The van der Waals surface area contributed by atoms with Crippen molar-refractivity contribution >= 4 is 5.69 Å². The van der Waals surface area contributed by atoms with E-state index >= 15 is 0 Å². The van der Waals surface area contributed by atoms with Crippen molar-refractivity contribution in [2.45, 2.75) is 25.3 Å². The van der Waals surface area contributed by atoms with Gasteiger partial charge in [0.05, 0.1) is 23.2 Å². The van der Waals surface area contributed by atoms with Gasteiger partial charge >= 0.3 is 5.69 Å². The van der Waals surface area contributed by atoms with E-state index in [9.17, 15) is 10.1 Å². The Bertz CT molecular complexity index is 506. The fourth-order valence-electron chi connectivity index (χ4n) is 1.70. The molecule has 0 radical (unpaired) electrons. The van der Waals surface area contributed by atoms with Gasteiger partial charge in [0.1, 0.15) is 0 Å². The number of hydrogen-bond acceptors (Lipinski definition) is 5. The lowest BCUT2D eigenvalue weighted by Crippen LogP contribution is -2.19. The van der Waals surface area contributed by atoms with Crippen LogP contribution in [-0.4, -0.2) is 24.1 Å². The van der Waals surface area contributed by atoms with Crippen LogP contribution in [0.5, 0.6) is 5.75 Å². The summed E-state index contributed by atoms with van der Waals surface area (Å²) in [6.45, 7) is 1.28.